The number of hydrogen-bond acceptors (Lipinski definition) is 13. The topological polar surface area (TPSA) is 218 Å². The average Bonchev–Trinajstić information content (AvgIpc) is 3.69. The third-order valence-electron chi connectivity index (χ3n) is 10.8. The van der Waals surface area contributed by atoms with Crippen molar-refractivity contribution >= 4 is 40.9 Å². The van der Waals surface area contributed by atoms with Crippen LogP contribution in [0.3, 0.4) is 0 Å². The minimum Gasteiger partial charge on any atom is -0.508 e. The van der Waals surface area contributed by atoms with Crippen molar-refractivity contribution in [3.63, 3.8) is 0 Å². The fraction of sp³-hybridized carbons (Fsp3) is 0.659. The van der Waals surface area contributed by atoms with Crippen LogP contribution in [0, 0.1) is 17.8 Å². The zero-order chi connectivity index (χ0) is 42.9. The first-order valence-corrected chi connectivity index (χ1v) is 21.3. The van der Waals surface area contributed by atoms with Gasteiger partial charge in [-0.2, -0.15) is 0 Å². The molecule has 1 fully saturated rings. The van der Waals surface area contributed by atoms with Crippen molar-refractivity contribution in [2.24, 2.45) is 23.6 Å². The molecule has 0 saturated carbocycles. The molecule has 3 rings (SSSR count). The average molecular weight is 831 g/mol. The first-order valence-electron chi connectivity index (χ1n) is 20.4. The van der Waals surface area contributed by atoms with E-state index in [0.29, 0.717) is 24.4 Å². The largest absolute Gasteiger partial charge is 0.508 e. The maximum Gasteiger partial charge on any atom is 0.303 e. The highest BCUT2D eigenvalue weighted by Gasteiger charge is 2.39. The lowest BCUT2D eigenvalue weighted by Gasteiger charge is -2.39. The van der Waals surface area contributed by atoms with Gasteiger partial charge in [0.1, 0.15) is 29.2 Å². The number of phenolic OH excluding ortho intramolecular Hbond substituents is 1. The molecule has 1 aliphatic rings. The van der Waals surface area contributed by atoms with Crippen LogP contribution in [-0.2, 0) is 35.1 Å². The normalized spacial score (nSPS) is 17.7. The first-order chi connectivity index (χ1) is 27.6. The van der Waals surface area contributed by atoms with Crippen LogP contribution in [0.2, 0.25) is 0 Å². The van der Waals surface area contributed by atoms with Gasteiger partial charge in [-0.25, -0.2) is 10.8 Å². The van der Waals surface area contributed by atoms with Gasteiger partial charge in [-0.1, -0.05) is 66.5 Å². The van der Waals surface area contributed by atoms with E-state index in [0.717, 1.165) is 42.7 Å². The molecule has 7 atom stereocenters. The van der Waals surface area contributed by atoms with Crippen molar-refractivity contribution in [1.29, 1.82) is 0 Å². The van der Waals surface area contributed by atoms with Gasteiger partial charge in [0.05, 0.1) is 12.8 Å². The van der Waals surface area contributed by atoms with E-state index in [-0.39, 0.29) is 73.3 Å². The number of phenols is 1. The molecule has 0 spiro atoms. The first kappa shape index (κ1) is 48.2. The number of likely N-dealkylation sites (N-methyl/N-ethyl adjacent to an activating group) is 1. The van der Waals surface area contributed by atoms with E-state index in [9.17, 15) is 29.1 Å². The number of thiazole rings is 1. The molecule has 2 heterocycles. The van der Waals surface area contributed by atoms with Gasteiger partial charge in [-0.05, 0) is 75.4 Å². The lowest BCUT2D eigenvalue weighted by Crippen LogP contribution is -2.59. The van der Waals surface area contributed by atoms with Crippen LogP contribution in [0.4, 0.5) is 0 Å². The smallest absolute Gasteiger partial charge is 0.303 e. The van der Waals surface area contributed by atoms with E-state index in [1.165, 1.54) is 6.92 Å². The van der Waals surface area contributed by atoms with Gasteiger partial charge in [0.15, 0.2) is 6.10 Å². The number of esters is 1. The van der Waals surface area contributed by atoms with E-state index in [4.69, 9.17) is 15.3 Å². The Morgan fingerprint density at radius 1 is 1.05 bits per heavy atom. The number of aromatic nitrogens is 1. The summed E-state index contributed by atoms with van der Waals surface area (Å²) in [5, 5.41) is 20.9. The summed E-state index contributed by atoms with van der Waals surface area (Å²) in [6.07, 6.45) is 3.18. The summed E-state index contributed by atoms with van der Waals surface area (Å²) in [5.74, 6) is 2.72. The van der Waals surface area contributed by atoms with E-state index < -0.39 is 42.0 Å². The highest BCUT2D eigenvalue weighted by molar-refractivity contribution is 7.09. The quantitative estimate of drug-likeness (QED) is 0.0237. The maximum absolute atomic E-state index is 14.8. The Hall–Kier alpha value is -4.16. The van der Waals surface area contributed by atoms with Crippen molar-refractivity contribution in [2.75, 3.05) is 33.6 Å². The summed E-state index contributed by atoms with van der Waals surface area (Å²) in [4.78, 5) is 75.3. The molecule has 0 unspecified atom stereocenters. The van der Waals surface area contributed by atoms with Crippen LogP contribution in [0.25, 0.3) is 0 Å². The minimum absolute atomic E-state index is 0.0812. The third kappa shape index (κ3) is 14.6. The van der Waals surface area contributed by atoms with Gasteiger partial charge < -0.3 is 30.1 Å². The maximum atomic E-state index is 14.8. The summed E-state index contributed by atoms with van der Waals surface area (Å²) < 4.78 is 11.8. The molecule has 1 aromatic carbocycles. The molecule has 16 nitrogen and oxygen atoms in total. The van der Waals surface area contributed by atoms with Crippen LogP contribution < -0.4 is 27.2 Å². The Morgan fingerprint density at radius 3 is 2.36 bits per heavy atom. The molecule has 324 valence electrons. The fourth-order valence-electron chi connectivity index (χ4n) is 7.12. The van der Waals surface area contributed by atoms with E-state index in [2.05, 4.69) is 26.4 Å². The lowest BCUT2D eigenvalue weighted by molar-refractivity contribution is -0.153. The van der Waals surface area contributed by atoms with Gasteiger partial charge in [0, 0.05) is 36.7 Å². The molecule has 1 saturated heterocycles. The minimum atomic E-state index is -0.922. The number of piperidine rings is 1. The van der Waals surface area contributed by atoms with Gasteiger partial charge in [0.2, 0.25) is 17.7 Å². The van der Waals surface area contributed by atoms with Crippen molar-refractivity contribution in [3.8, 4) is 5.75 Å². The van der Waals surface area contributed by atoms with Crippen molar-refractivity contribution in [3.05, 3.63) is 45.9 Å². The molecule has 4 amide bonds. The Morgan fingerprint density at radius 2 is 1.76 bits per heavy atom. The highest BCUT2D eigenvalue weighted by Crippen LogP contribution is 2.32. The van der Waals surface area contributed by atoms with Crippen molar-refractivity contribution < 1.29 is 38.6 Å². The van der Waals surface area contributed by atoms with Crippen LogP contribution in [0.5, 0.6) is 5.75 Å². The Bertz CT molecular complexity index is 1620. The third-order valence-corrected chi connectivity index (χ3v) is 11.7. The molecule has 1 aliphatic heterocycles. The molecule has 7 N–H and O–H groups in total. The zero-order valence-electron chi connectivity index (χ0n) is 35.4. The van der Waals surface area contributed by atoms with Gasteiger partial charge in [0.25, 0.3) is 5.91 Å². The number of nitrogens with zero attached hydrogens (tertiary/aromatic N) is 3. The molecule has 1 aromatic heterocycles. The number of likely N-dealkylation sites (tertiary alicyclic amines) is 1. The molecular formula is C41H66N8O8S. The van der Waals surface area contributed by atoms with Gasteiger partial charge >= 0.3 is 5.97 Å². The van der Waals surface area contributed by atoms with Crippen LogP contribution in [0.15, 0.2) is 29.6 Å². The molecular weight excluding hydrogens is 765 g/mol. The second kappa shape index (κ2) is 24.1. The Labute approximate surface area is 347 Å². The molecule has 0 bridgehead atoms. The van der Waals surface area contributed by atoms with E-state index in [1.54, 1.807) is 41.5 Å². The number of amides is 4. The lowest BCUT2D eigenvalue weighted by atomic mass is 9.92. The number of nitrogens with two attached hydrogens (primary N) is 1. The summed E-state index contributed by atoms with van der Waals surface area (Å²) in [5.41, 5.74) is 3.09. The van der Waals surface area contributed by atoms with Crippen molar-refractivity contribution in [2.45, 2.75) is 124 Å². The predicted octanol–water partition coefficient (Wildman–Crippen LogP) is 3.61. The highest BCUT2D eigenvalue weighted by atomic mass is 32.1. The van der Waals surface area contributed by atoms with Gasteiger partial charge in [-0.15, -0.1) is 11.3 Å². The number of aromatic hydroxyl groups is 1. The molecule has 2 aromatic rings. The number of hydrazine groups is 1. The monoisotopic (exact) mass is 830 g/mol. The summed E-state index contributed by atoms with van der Waals surface area (Å²) >= 11 is 1.16. The molecule has 17 heteroatoms. The number of carbonyl (C=O) groups is 5. The number of hydrogen-bond donors (Lipinski definition) is 6. The van der Waals surface area contributed by atoms with Crippen LogP contribution in [0.1, 0.15) is 114 Å². The fourth-order valence-corrected chi connectivity index (χ4v) is 7.96. The molecule has 58 heavy (non-hydrogen) atoms. The Kier molecular flexibility index (Phi) is 20.0. The molecule has 0 radical (unpaired) electrons. The number of rotatable bonds is 23. The standard InChI is InChI=1S/C41H66N8O8S/c1-9-26(5)36(46-39(54)33-13-11-12-18-48(33)8)41(55)49(24-56-23-43-10-2)34(25(3)4)21-35(57-28(7)50)40-45-32(22-58-40)38(53)44-30(19-27(6)37(52)47-42)20-29-14-16-31(51)17-15-29/h14-17,22,25-27,30,33-36,43,51H,9-13,18-21,23-24,42H2,1-8H3,(H,44,53)(H,46,54)(H,47,52)/t26-,27-,30+,33+,34+,35+,36-/m0/s1. The van der Waals surface area contributed by atoms with Crippen LogP contribution >= 0.6 is 11.3 Å². The van der Waals surface area contributed by atoms with E-state index in [1.807, 2.05) is 46.6 Å². The van der Waals surface area contributed by atoms with E-state index >= 15 is 0 Å². The summed E-state index contributed by atoms with van der Waals surface area (Å²) in [6, 6.07) is 4.40. The van der Waals surface area contributed by atoms with Crippen molar-refractivity contribution in [1.82, 2.24) is 36.2 Å². The van der Waals surface area contributed by atoms with Gasteiger partial charge in [-0.3, -0.25) is 39.6 Å². The zero-order valence-corrected chi connectivity index (χ0v) is 36.2. The summed E-state index contributed by atoms with van der Waals surface area (Å²) in [6.45, 7) is 14.4. The number of ether oxygens (including phenoxy) is 2. The Balaban J connectivity index is 1.93. The SMILES string of the molecule is CCNCOCN(C(=O)[C@@H](NC(=O)[C@H]1CCCCN1C)[C@@H](C)CC)[C@H](C[C@@H](OC(C)=O)c1nc(C(=O)N[C@@H](Cc2ccc(O)cc2)C[C@H](C)C(=O)NN)cs1)C(C)C. The predicted molar refractivity (Wildman–Crippen MR) is 222 cm³/mol. The number of benzene rings is 1. The number of carbonyl (C=O) groups excluding carboxylic acids is 5. The summed E-state index contributed by atoms with van der Waals surface area (Å²) in [7, 11) is 1.93. The number of nitrogens with one attached hydrogen (secondary N) is 4. The second-order valence-corrected chi connectivity index (χ2v) is 16.5. The molecule has 0 aliphatic carbocycles. The second-order valence-electron chi connectivity index (χ2n) is 15.7. The van der Waals surface area contributed by atoms with Crippen LogP contribution in [-0.4, -0.2) is 107 Å².